The topological polar surface area (TPSA) is 69.2 Å². The van der Waals surface area contributed by atoms with Crippen molar-refractivity contribution in [3.63, 3.8) is 0 Å². The fourth-order valence-corrected chi connectivity index (χ4v) is 1.53. The van der Waals surface area contributed by atoms with Crippen molar-refractivity contribution >= 4 is 5.91 Å². The van der Waals surface area contributed by atoms with Crippen LogP contribution in [0.15, 0.2) is 36.7 Å². The number of nitrogens with one attached hydrogen (secondary N) is 1. The molecule has 1 aromatic heterocycles. The molecule has 88 valence electrons. The molecule has 5 nitrogen and oxygen atoms in total. The second-order valence-corrected chi connectivity index (χ2v) is 3.81. The number of aromatic hydroxyl groups is 1. The molecular formula is C12H13N3O2. The lowest BCUT2D eigenvalue weighted by Gasteiger charge is -2.16. The highest BCUT2D eigenvalue weighted by atomic mass is 16.3. The number of phenolic OH excluding ortho intramolecular Hbond substituents is 1. The molecule has 5 heteroatoms. The van der Waals surface area contributed by atoms with Crippen LogP contribution in [0.5, 0.6) is 5.75 Å². The van der Waals surface area contributed by atoms with Gasteiger partial charge in [0.25, 0.3) is 5.91 Å². The fraction of sp³-hybridized carbons (Fsp3) is 0.167. The summed E-state index contributed by atoms with van der Waals surface area (Å²) in [6.07, 6.45) is 3.43. The first-order chi connectivity index (χ1) is 8.16. The third kappa shape index (κ3) is 2.63. The molecule has 2 N–H and O–H groups in total. The van der Waals surface area contributed by atoms with Crippen LogP contribution in [0.1, 0.15) is 15.9 Å². The van der Waals surface area contributed by atoms with Crippen LogP contribution in [0.2, 0.25) is 0 Å². The van der Waals surface area contributed by atoms with Crippen LogP contribution in [0.4, 0.5) is 0 Å². The summed E-state index contributed by atoms with van der Waals surface area (Å²) in [5, 5.41) is 15.7. The minimum Gasteiger partial charge on any atom is -0.508 e. The Hall–Kier alpha value is -2.30. The molecule has 1 heterocycles. The van der Waals surface area contributed by atoms with E-state index in [4.69, 9.17) is 5.11 Å². The van der Waals surface area contributed by atoms with E-state index in [1.807, 2.05) is 0 Å². The third-order valence-corrected chi connectivity index (χ3v) is 2.44. The third-order valence-electron chi connectivity index (χ3n) is 2.44. The number of phenols is 1. The molecule has 0 spiro atoms. The van der Waals surface area contributed by atoms with Gasteiger partial charge in [-0.3, -0.25) is 9.89 Å². The molecule has 0 atom stereocenters. The van der Waals surface area contributed by atoms with Crippen molar-refractivity contribution in [2.75, 3.05) is 7.05 Å². The zero-order chi connectivity index (χ0) is 12.3. The number of carbonyl (C=O) groups is 1. The Labute approximate surface area is 98.7 Å². The standard InChI is InChI=1S/C12H13N3O2/c1-15(8-9-6-13-14-7-9)12(17)10-2-4-11(16)5-3-10/h2-7,16H,8H2,1H3,(H,13,14). The zero-order valence-electron chi connectivity index (χ0n) is 9.42. The van der Waals surface area contributed by atoms with Gasteiger partial charge in [-0.25, -0.2) is 0 Å². The number of hydrogen-bond acceptors (Lipinski definition) is 3. The number of benzene rings is 1. The molecular weight excluding hydrogens is 218 g/mol. The lowest BCUT2D eigenvalue weighted by Crippen LogP contribution is -2.25. The number of carbonyl (C=O) groups excluding carboxylic acids is 1. The summed E-state index contributed by atoms with van der Waals surface area (Å²) in [6.45, 7) is 0.496. The van der Waals surface area contributed by atoms with Gasteiger partial charge in [0, 0.05) is 30.9 Å². The second-order valence-electron chi connectivity index (χ2n) is 3.81. The number of aromatic amines is 1. The predicted molar refractivity (Wildman–Crippen MR) is 62.5 cm³/mol. The SMILES string of the molecule is CN(Cc1cn[nH]c1)C(=O)c1ccc(O)cc1. The molecule has 0 aliphatic rings. The van der Waals surface area contributed by atoms with Crippen LogP contribution in [-0.2, 0) is 6.54 Å². The molecule has 0 radical (unpaired) electrons. The largest absolute Gasteiger partial charge is 0.508 e. The van der Waals surface area contributed by atoms with Gasteiger partial charge in [0.05, 0.1) is 6.20 Å². The molecule has 1 aromatic carbocycles. The average molecular weight is 231 g/mol. The maximum absolute atomic E-state index is 12.0. The van der Waals surface area contributed by atoms with Gasteiger partial charge in [-0.1, -0.05) is 0 Å². The minimum absolute atomic E-state index is 0.0915. The van der Waals surface area contributed by atoms with Gasteiger partial charge in [-0.05, 0) is 24.3 Å². The minimum atomic E-state index is -0.0915. The first-order valence-electron chi connectivity index (χ1n) is 5.19. The smallest absolute Gasteiger partial charge is 0.253 e. The van der Waals surface area contributed by atoms with Crippen LogP contribution in [0.3, 0.4) is 0 Å². The molecule has 2 aromatic rings. The van der Waals surface area contributed by atoms with Gasteiger partial charge in [0.15, 0.2) is 0 Å². The van der Waals surface area contributed by atoms with Crippen LogP contribution in [-0.4, -0.2) is 33.2 Å². The van der Waals surface area contributed by atoms with Crippen molar-refractivity contribution in [3.8, 4) is 5.75 Å². The Morgan fingerprint density at radius 1 is 1.41 bits per heavy atom. The number of amides is 1. The van der Waals surface area contributed by atoms with E-state index in [1.54, 1.807) is 36.5 Å². The number of nitrogens with zero attached hydrogens (tertiary/aromatic N) is 2. The van der Waals surface area contributed by atoms with E-state index < -0.39 is 0 Å². The van der Waals surface area contributed by atoms with Crippen LogP contribution >= 0.6 is 0 Å². The highest BCUT2D eigenvalue weighted by molar-refractivity contribution is 5.94. The molecule has 0 fully saturated rings. The number of rotatable bonds is 3. The Balaban J connectivity index is 2.07. The predicted octanol–water partition coefficient (Wildman–Crippen LogP) is 1.39. The van der Waals surface area contributed by atoms with Gasteiger partial charge < -0.3 is 10.0 Å². The van der Waals surface area contributed by atoms with Crippen molar-refractivity contribution in [2.45, 2.75) is 6.54 Å². The van der Waals surface area contributed by atoms with Crippen LogP contribution in [0.25, 0.3) is 0 Å². The number of aromatic nitrogens is 2. The van der Waals surface area contributed by atoms with Gasteiger partial charge in [-0.2, -0.15) is 5.10 Å². The molecule has 0 unspecified atom stereocenters. The van der Waals surface area contributed by atoms with Gasteiger partial charge >= 0.3 is 0 Å². The van der Waals surface area contributed by atoms with Gasteiger partial charge in [0.2, 0.25) is 0 Å². The maximum atomic E-state index is 12.0. The molecule has 2 rings (SSSR count). The van der Waals surface area contributed by atoms with Crippen molar-refractivity contribution in [2.24, 2.45) is 0 Å². The first kappa shape index (κ1) is 11.2. The van der Waals surface area contributed by atoms with Crippen molar-refractivity contribution in [1.29, 1.82) is 0 Å². The normalized spacial score (nSPS) is 10.2. The van der Waals surface area contributed by atoms with E-state index >= 15 is 0 Å². The summed E-state index contributed by atoms with van der Waals surface area (Å²) in [5.74, 6) is 0.0604. The van der Waals surface area contributed by atoms with E-state index in [-0.39, 0.29) is 11.7 Å². The maximum Gasteiger partial charge on any atom is 0.253 e. The van der Waals surface area contributed by atoms with Crippen molar-refractivity contribution in [3.05, 3.63) is 47.8 Å². The van der Waals surface area contributed by atoms with Gasteiger partial charge in [0.1, 0.15) is 5.75 Å². The molecule has 0 aliphatic carbocycles. The molecule has 0 aliphatic heterocycles. The molecule has 0 saturated carbocycles. The van der Waals surface area contributed by atoms with E-state index in [0.717, 1.165) is 5.56 Å². The summed E-state index contributed by atoms with van der Waals surface area (Å²) >= 11 is 0. The van der Waals surface area contributed by atoms with Gasteiger partial charge in [-0.15, -0.1) is 0 Å². The summed E-state index contributed by atoms with van der Waals surface area (Å²) in [4.78, 5) is 13.6. The highest BCUT2D eigenvalue weighted by Gasteiger charge is 2.12. The van der Waals surface area contributed by atoms with Crippen LogP contribution in [0, 0.1) is 0 Å². The summed E-state index contributed by atoms with van der Waals surface area (Å²) in [6, 6.07) is 6.20. The van der Waals surface area contributed by atoms with Crippen molar-refractivity contribution in [1.82, 2.24) is 15.1 Å². The fourth-order valence-electron chi connectivity index (χ4n) is 1.53. The van der Waals surface area contributed by atoms with E-state index in [1.165, 1.54) is 12.1 Å². The molecule has 0 bridgehead atoms. The quantitative estimate of drug-likeness (QED) is 0.838. The Morgan fingerprint density at radius 3 is 2.71 bits per heavy atom. The summed E-state index contributed by atoms with van der Waals surface area (Å²) in [7, 11) is 1.72. The zero-order valence-corrected chi connectivity index (χ0v) is 9.42. The molecule has 1 amide bonds. The molecule has 17 heavy (non-hydrogen) atoms. The van der Waals surface area contributed by atoms with E-state index in [2.05, 4.69) is 10.2 Å². The Morgan fingerprint density at radius 2 is 2.12 bits per heavy atom. The summed E-state index contributed by atoms with van der Waals surface area (Å²) in [5.41, 5.74) is 1.49. The lowest BCUT2D eigenvalue weighted by molar-refractivity contribution is 0.0785. The van der Waals surface area contributed by atoms with E-state index in [9.17, 15) is 4.79 Å². The lowest BCUT2D eigenvalue weighted by atomic mass is 10.2. The number of H-pyrrole nitrogens is 1. The average Bonchev–Trinajstić information content (AvgIpc) is 2.82. The Kier molecular flexibility index (Phi) is 3.09. The monoisotopic (exact) mass is 231 g/mol. The Bertz CT molecular complexity index is 491. The highest BCUT2D eigenvalue weighted by Crippen LogP contribution is 2.12. The van der Waals surface area contributed by atoms with Crippen molar-refractivity contribution < 1.29 is 9.90 Å². The van der Waals surface area contributed by atoms with Crippen LogP contribution < -0.4 is 0 Å². The molecule has 0 saturated heterocycles. The first-order valence-corrected chi connectivity index (χ1v) is 5.19. The summed E-state index contributed by atoms with van der Waals surface area (Å²) < 4.78 is 0. The number of hydrogen-bond donors (Lipinski definition) is 2. The van der Waals surface area contributed by atoms with E-state index in [0.29, 0.717) is 12.1 Å². The second kappa shape index (κ2) is 4.69.